The summed E-state index contributed by atoms with van der Waals surface area (Å²) in [4.78, 5) is 30.8. The minimum atomic E-state index is -0.465. The van der Waals surface area contributed by atoms with Crippen molar-refractivity contribution >= 4 is 61.5 Å². The summed E-state index contributed by atoms with van der Waals surface area (Å²) in [6.07, 6.45) is 0.317. The number of fused-ring (bicyclic) bond motifs is 1. The molecule has 0 aliphatic heterocycles. The second-order valence-corrected chi connectivity index (χ2v) is 8.76. The lowest BCUT2D eigenvalue weighted by Gasteiger charge is -2.16. The number of carbonyl (C=O) groups excluding carboxylic acids is 1. The number of nitrogens with zero attached hydrogens (tertiary/aromatic N) is 1. The van der Waals surface area contributed by atoms with Gasteiger partial charge in [0.25, 0.3) is 11.5 Å². The molecule has 9 heteroatoms. The van der Waals surface area contributed by atoms with Crippen molar-refractivity contribution in [3.8, 4) is 0 Å². The Morgan fingerprint density at radius 3 is 2.86 bits per heavy atom. The molecule has 2 N–H and O–H groups in total. The van der Waals surface area contributed by atoms with Gasteiger partial charge in [-0.1, -0.05) is 17.7 Å². The van der Waals surface area contributed by atoms with Gasteiger partial charge in [0.2, 0.25) is 0 Å². The third-order valence-electron chi connectivity index (χ3n) is 4.37. The van der Waals surface area contributed by atoms with E-state index in [1.54, 1.807) is 7.05 Å². The van der Waals surface area contributed by atoms with Crippen LogP contribution in [0.4, 0.5) is 0 Å². The van der Waals surface area contributed by atoms with E-state index < -0.39 is 5.91 Å². The van der Waals surface area contributed by atoms with Crippen LogP contribution in [0.15, 0.2) is 28.4 Å². The molecule has 1 amide bonds. The number of benzene rings is 1. The van der Waals surface area contributed by atoms with Gasteiger partial charge >= 0.3 is 0 Å². The van der Waals surface area contributed by atoms with Gasteiger partial charge in [0, 0.05) is 27.8 Å². The second kappa shape index (κ2) is 8.91. The molecule has 6 nitrogen and oxygen atoms in total. The maximum Gasteiger partial charge on any atom is 0.278 e. The summed E-state index contributed by atoms with van der Waals surface area (Å²) in [5.74, 6) is -0.465. The lowest BCUT2D eigenvalue weighted by Crippen LogP contribution is -2.31. The van der Waals surface area contributed by atoms with Crippen LogP contribution >= 0.6 is 45.5 Å². The normalized spacial score (nSPS) is 11.2. The molecule has 0 aliphatic rings. The molecule has 0 bridgehead atoms. The van der Waals surface area contributed by atoms with Crippen molar-refractivity contribution in [1.29, 1.82) is 0 Å². The molecule has 0 saturated carbocycles. The van der Waals surface area contributed by atoms with Gasteiger partial charge in [-0.05, 0) is 58.2 Å². The Morgan fingerprint density at radius 2 is 2.18 bits per heavy atom. The number of carbonyl (C=O) groups is 1. The zero-order valence-corrected chi connectivity index (χ0v) is 18.9. The highest BCUT2D eigenvalue weighted by molar-refractivity contribution is 14.1. The molecule has 3 rings (SSSR count). The molecular weight excluding hydrogens is 515 g/mol. The Morgan fingerprint density at radius 1 is 1.43 bits per heavy atom. The van der Waals surface area contributed by atoms with Crippen LogP contribution in [0, 0.1) is 10.5 Å². The third-order valence-corrected chi connectivity index (χ3v) is 6.51. The van der Waals surface area contributed by atoms with Gasteiger partial charge < -0.3 is 9.67 Å². The van der Waals surface area contributed by atoms with Gasteiger partial charge in [-0.25, -0.2) is 5.48 Å². The van der Waals surface area contributed by atoms with Crippen LogP contribution in [-0.4, -0.2) is 28.8 Å². The average Bonchev–Trinajstić information content (AvgIpc) is 3.03. The van der Waals surface area contributed by atoms with Crippen LogP contribution in [0.5, 0.6) is 0 Å². The van der Waals surface area contributed by atoms with Crippen molar-refractivity contribution in [1.82, 2.24) is 10.0 Å². The number of aryl methyl sites for hydroxylation is 1. The minimum Gasteiger partial charge on any atom is -0.394 e. The predicted octanol–water partition coefficient (Wildman–Crippen LogP) is 3.41. The van der Waals surface area contributed by atoms with Crippen LogP contribution in [0.3, 0.4) is 0 Å². The predicted molar refractivity (Wildman–Crippen MR) is 119 cm³/mol. The van der Waals surface area contributed by atoms with Gasteiger partial charge in [0.05, 0.1) is 28.9 Å². The van der Waals surface area contributed by atoms with Gasteiger partial charge in [0.15, 0.2) is 0 Å². The molecule has 28 heavy (non-hydrogen) atoms. The topological polar surface area (TPSA) is 80.6 Å². The van der Waals surface area contributed by atoms with E-state index in [1.165, 1.54) is 15.9 Å². The van der Waals surface area contributed by atoms with Crippen molar-refractivity contribution in [2.75, 3.05) is 13.2 Å². The van der Waals surface area contributed by atoms with Crippen LogP contribution in [-0.2, 0) is 18.3 Å². The standard InChI is InChI=1S/C19H18ClIN2O4S/c1-10-9-28-17-15(10)19(26)23(2)14(16(17)18(25)22-27-6-5-24)7-11-3-4-12(21)8-13(11)20/h3-4,8-9,24H,5-7H2,1-2H3,(H,22,25). The highest BCUT2D eigenvalue weighted by Gasteiger charge is 2.23. The molecule has 0 radical (unpaired) electrons. The number of nitrogens with one attached hydrogen (secondary N) is 1. The van der Waals surface area contributed by atoms with Gasteiger partial charge in [-0.15, -0.1) is 11.3 Å². The summed E-state index contributed by atoms with van der Waals surface area (Å²) >= 11 is 9.91. The molecule has 0 unspecified atom stereocenters. The van der Waals surface area contributed by atoms with Crippen LogP contribution < -0.4 is 11.0 Å². The summed E-state index contributed by atoms with van der Waals surface area (Å²) in [6.45, 7) is 1.61. The average molecular weight is 533 g/mol. The maximum atomic E-state index is 12.9. The molecule has 3 aromatic rings. The van der Waals surface area contributed by atoms with Gasteiger partial charge in [-0.3, -0.25) is 14.4 Å². The number of rotatable bonds is 6. The zero-order valence-electron chi connectivity index (χ0n) is 15.2. The Balaban J connectivity index is 2.19. The highest BCUT2D eigenvalue weighted by Crippen LogP contribution is 2.30. The zero-order chi connectivity index (χ0) is 20.4. The number of hydrogen-bond donors (Lipinski definition) is 2. The fraction of sp³-hybridized carbons (Fsp3) is 0.263. The van der Waals surface area contributed by atoms with Crippen molar-refractivity contribution in [3.63, 3.8) is 0 Å². The van der Waals surface area contributed by atoms with Gasteiger partial charge in [0.1, 0.15) is 0 Å². The Hall–Kier alpha value is -1.46. The smallest absolute Gasteiger partial charge is 0.278 e. The third kappa shape index (κ3) is 4.11. The van der Waals surface area contributed by atoms with E-state index in [1.807, 2.05) is 30.5 Å². The molecule has 2 heterocycles. The monoisotopic (exact) mass is 532 g/mol. The summed E-state index contributed by atoms with van der Waals surface area (Å²) in [5, 5.41) is 11.8. The number of hydroxylamine groups is 1. The summed E-state index contributed by atoms with van der Waals surface area (Å²) in [7, 11) is 1.65. The maximum absolute atomic E-state index is 12.9. The number of aliphatic hydroxyl groups excluding tert-OH is 1. The van der Waals surface area contributed by atoms with Crippen LogP contribution in [0.1, 0.15) is 27.2 Å². The number of halogens is 2. The molecule has 0 saturated heterocycles. The molecule has 2 aromatic heterocycles. The van der Waals surface area contributed by atoms with Crippen LogP contribution in [0.2, 0.25) is 5.02 Å². The first-order valence-corrected chi connectivity index (χ1v) is 10.7. The molecule has 0 spiro atoms. The Labute approximate surface area is 184 Å². The van der Waals surface area contributed by atoms with E-state index in [-0.39, 0.29) is 18.8 Å². The molecule has 148 valence electrons. The summed E-state index contributed by atoms with van der Waals surface area (Å²) in [6, 6.07) is 5.66. The molecule has 1 aromatic carbocycles. The van der Waals surface area contributed by atoms with Crippen molar-refractivity contribution < 1.29 is 14.7 Å². The fourth-order valence-electron chi connectivity index (χ4n) is 2.98. The number of amides is 1. The van der Waals surface area contributed by atoms with E-state index in [4.69, 9.17) is 21.5 Å². The molecule has 0 fully saturated rings. The van der Waals surface area contributed by atoms with Crippen molar-refractivity contribution in [2.24, 2.45) is 7.05 Å². The van der Waals surface area contributed by atoms with E-state index in [2.05, 4.69) is 28.1 Å². The van der Waals surface area contributed by atoms with Crippen molar-refractivity contribution in [2.45, 2.75) is 13.3 Å². The fourth-order valence-corrected chi connectivity index (χ4v) is 5.01. The SMILES string of the molecule is Cc1csc2c(C(=O)NOCCO)c(Cc3ccc(I)cc3Cl)n(C)c(=O)c12. The van der Waals surface area contributed by atoms with E-state index in [0.717, 1.165) is 14.7 Å². The minimum absolute atomic E-state index is 0.0254. The van der Waals surface area contributed by atoms with E-state index in [0.29, 0.717) is 32.8 Å². The Kier molecular flexibility index (Phi) is 6.77. The van der Waals surface area contributed by atoms with E-state index in [9.17, 15) is 9.59 Å². The molecule has 0 atom stereocenters. The highest BCUT2D eigenvalue weighted by atomic mass is 127. The van der Waals surface area contributed by atoms with E-state index >= 15 is 0 Å². The van der Waals surface area contributed by atoms with Crippen molar-refractivity contribution in [3.05, 3.63) is 64.9 Å². The summed E-state index contributed by atoms with van der Waals surface area (Å²) < 4.78 is 3.11. The number of hydrogen-bond acceptors (Lipinski definition) is 5. The lowest BCUT2D eigenvalue weighted by molar-refractivity contribution is 0.0168. The molecular formula is C19H18ClIN2O4S. The Bertz CT molecular complexity index is 1110. The van der Waals surface area contributed by atoms with Crippen LogP contribution in [0.25, 0.3) is 10.1 Å². The number of aromatic nitrogens is 1. The summed E-state index contributed by atoms with van der Waals surface area (Å²) in [5.41, 5.74) is 4.77. The largest absolute Gasteiger partial charge is 0.394 e. The lowest BCUT2D eigenvalue weighted by atomic mass is 10.0. The number of aliphatic hydroxyl groups is 1. The quantitative estimate of drug-likeness (QED) is 0.290. The molecule has 0 aliphatic carbocycles. The number of pyridine rings is 1. The first-order chi connectivity index (χ1) is 13.3. The van der Waals surface area contributed by atoms with Gasteiger partial charge in [-0.2, -0.15) is 0 Å². The first kappa shape index (κ1) is 21.3. The number of thiophene rings is 1. The second-order valence-electron chi connectivity index (χ2n) is 6.22. The first-order valence-electron chi connectivity index (χ1n) is 8.41.